The van der Waals surface area contributed by atoms with Crippen LogP contribution in [0.3, 0.4) is 0 Å². The lowest BCUT2D eigenvalue weighted by molar-refractivity contribution is 0.103. The van der Waals surface area contributed by atoms with Crippen LogP contribution in [-0.4, -0.2) is 13.2 Å². The van der Waals surface area contributed by atoms with Crippen LogP contribution >= 0.6 is 7.82 Å². The van der Waals surface area contributed by atoms with Gasteiger partial charge in [-0.1, -0.05) is 24.3 Å². The van der Waals surface area contributed by atoms with Crippen LogP contribution in [0.1, 0.15) is 31.1 Å². The van der Waals surface area contributed by atoms with Gasteiger partial charge in [-0.05, 0) is 31.9 Å². The van der Waals surface area contributed by atoms with Crippen molar-refractivity contribution in [2.24, 2.45) is 0 Å². The van der Waals surface area contributed by atoms with Gasteiger partial charge >= 0.3 is 7.82 Å². The second-order valence-electron chi connectivity index (χ2n) is 3.75. The van der Waals surface area contributed by atoms with E-state index in [1.54, 1.807) is 26.0 Å². The molecule has 0 aliphatic carbocycles. The zero-order chi connectivity index (χ0) is 14.3. The summed E-state index contributed by atoms with van der Waals surface area (Å²) in [6, 6.07) is 9.24. The van der Waals surface area contributed by atoms with Crippen molar-refractivity contribution in [1.82, 2.24) is 0 Å². The van der Waals surface area contributed by atoms with Gasteiger partial charge in [-0.15, -0.1) is 0 Å². The molecule has 1 aromatic carbocycles. The monoisotopic (exact) mass is 283 g/mol. The van der Waals surface area contributed by atoms with Crippen LogP contribution in [0, 0.1) is 18.3 Å². The summed E-state index contributed by atoms with van der Waals surface area (Å²) >= 11 is 0. The lowest BCUT2D eigenvalue weighted by Gasteiger charge is -2.20. The summed E-state index contributed by atoms with van der Waals surface area (Å²) in [7, 11) is -3.70. The van der Waals surface area contributed by atoms with E-state index in [9.17, 15) is 9.83 Å². The molecular weight excluding hydrogens is 265 g/mol. The Morgan fingerprint density at radius 2 is 1.84 bits per heavy atom. The Hall–Kier alpha value is -1.18. The molecule has 0 aliphatic heterocycles. The van der Waals surface area contributed by atoms with E-state index in [4.69, 9.17) is 13.6 Å². The average molecular weight is 283 g/mol. The fourth-order valence-electron chi connectivity index (χ4n) is 1.57. The van der Waals surface area contributed by atoms with Crippen LogP contribution in [0.5, 0.6) is 0 Å². The van der Waals surface area contributed by atoms with E-state index < -0.39 is 13.9 Å². The fourth-order valence-corrected chi connectivity index (χ4v) is 2.82. The molecule has 104 valence electrons. The number of nitrogens with zero attached hydrogens (tertiary/aromatic N) is 1. The maximum atomic E-state index is 12.2. The number of rotatable bonds is 7. The maximum absolute atomic E-state index is 12.2. The summed E-state index contributed by atoms with van der Waals surface area (Å²) in [4.78, 5) is 0. The second kappa shape index (κ2) is 7.42. The fraction of sp³-hybridized carbons (Fsp3) is 0.462. The van der Waals surface area contributed by atoms with E-state index in [0.717, 1.165) is 5.56 Å². The molecule has 6 heteroatoms. The van der Waals surface area contributed by atoms with Gasteiger partial charge in [-0.3, -0.25) is 13.6 Å². The van der Waals surface area contributed by atoms with E-state index in [2.05, 4.69) is 0 Å². The highest BCUT2D eigenvalue weighted by Gasteiger charge is 2.31. The lowest BCUT2D eigenvalue weighted by atomic mass is 10.0. The zero-order valence-corrected chi connectivity index (χ0v) is 12.2. The minimum absolute atomic E-state index is 0.184. The van der Waals surface area contributed by atoms with Crippen LogP contribution < -0.4 is 0 Å². The van der Waals surface area contributed by atoms with Gasteiger partial charge in [0, 0.05) is 0 Å². The molecule has 0 N–H and O–H groups in total. The highest BCUT2D eigenvalue weighted by atomic mass is 31.2. The standard InChI is InChI=1S/C13H18NO4P/c1-4-16-19(15,17-5-2)18-13(10-14)12-9-7-6-8-11(12)3/h6-9,13H,4-5H2,1-3H3. The van der Waals surface area contributed by atoms with Crippen molar-refractivity contribution in [2.75, 3.05) is 13.2 Å². The minimum atomic E-state index is -3.70. The summed E-state index contributed by atoms with van der Waals surface area (Å²) in [6.45, 7) is 5.59. The maximum Gasteiger partial charge on any atom is 0.476 e. The third-order valence-corrected chi connectivity index (χ3v) is 4.01. The van der Waals surface area contributed by atoms with Crippen molar-refractivity contribution in [2.45, 2.75) is 26.9 Å². The van der Waals surface area contributed by atoms with Crippen LogP contribution in [0.15, 0.2) is 24.3 Å². The van der Waals surface area contributed by atoms with Gasteiger partial charge in [-0.25, -0.2) is 4.57 Å². The Balaban J connectivity index is 2.96. The molecule has 1 unspecified atom stereocenters. The number of hydrogen-bond donors (Lipinski definition) is 0. The van der Waals surface area contributed by atoms with Crippen LogP contribution in [-0.2, 0) is 18.1 Å². The van der Waals surface area contributed by atoms with Gasteiger partial charge < -0.3 is 0 Å². The SMILES string of the molecule is CCOP(=O)(OCC)OC(C#N)c1ccccc1C. The first-order valence-corrected chi connectivity index (χ1v) is 7.55. The molecule has 0 aliphatic rings. The van der Waals surface area contributed by atoms with Crippen LogP contribution in [0.25, 0.3) is 0 Å². The molecule has 19 heavy (non-hydrogen) atoms. The summed E-state index contributed by atoms with van der Waals surface area (Å²) < 4.78 is 27.6. The second-order valence-corrected chi connectivity index (χ2v) is 5.38. The van der Waals surface area contributed by atoms with Crippen LogP contribution in [0.2, 0.25) is 0 Å². The van der Waals surface area contributed by atoms with Crippen LogP contribution in [0.4, 0.5) is 0 Å². The highest BCUT2D eigenvalue weighted by Crippen LogP contribution is 2.53. The van der Waals surface area contributed by atoms with Gasteiger partial charge in [0.05, 0.1) is 19.3 Å². The predicted molar refractivity (Wildman–Crippen MR) is 71.5 cm³/mol. The number of phosphoric ester groups is 1. The van der Waals surface area contributed by atoms with Gasteiger partial charge in [0.2, 0.25) is 0 Å². The predicted octanol–water partition coefficient (Wildman–Crippen LogP) is 3.76. The Kier molecular flexibility index (Phi) is 6.20. The number of hydrogen-bond acceptors (Lipinski definition) is 5. The molecular formula is C13H18NO4P. The topological polar surface area (TPSA) is 68.6 Å². The molecule has 0 saturated carbocycles. The molecule has 1 aromatic rings. The number of aryl methyl sites for hydroxylation is 1. The molecule has 1 atom stereocenters. The van der Waals surface area contributed by atoms with Gasteiger partial charge in [-0.2, -0.15) is 5.26 Å². The molecule has 0 radical (unpaired) electrons. The Morgan fingerprint density at radius 3 is 2.32 bits per heavy atom. The first kappa shape index (κ1) is 15.9. The molecule has 0 aromatic heterocycles. The van der Waals surface area contributed by atoms with Crippen molar-refractivity contribution in [1.29, 1.82) is 5.26 Å². The van der Waals surface area contributed by atoms with Gasteiger partial charge in [0.25, 0.3) is 0 Å². The summed E-state index contributed by atoms with van der Waals surface area (Å²) in [5, 5.41) is 9.20. The Bertz CT molecular complexity index is 488. The van der Waals surface area contributed by atoms with Crippen molar-refractivity contribution in [3.63, 3.8) is 0 Å². The van der Waals surface area contributed by atoms with E-state index >= 15 is 0 Å². The Labute approximate surface area is 113 Å². The first-order chi connectivity index (χ1) is 9.06. The number of benzene rings is 1. The molecule has 0 amide bonds. The van der Waals surface area contributed by atoms with E-state index in [-0.39, 0.29) is 13.2 Å². The first-order valence-electron chi connectivity index (χ1n) is 6.09. The van der Waals surface area contributed by atoms with Crippen molar-refractivity contribution in [3.8, 4) is 6.07 Å². The van der Waals surface area contributed by atoms with E-state index in [0.29, 0.717) is 5.56 Å². The zero-order valence-electron chi connectivity index (χ0n) is 11.3. The normalized spacial score (nSPS) is 12.9. The molecule has 1 rings (SSSR count). The largest absolute Gasteiger partial charge is 0.476 e. The lowest BCUT2D eigenvalue weighted by Crippen LogP contribution is -2.06. The Morgan fingerprint density at radius 1 is 1.26 bits per heavy atom. The highest BCUT2D eigenvalue weighted by molar-refractivity contribution is 7.48. The molecule has 0 saturated heterocycles. The number of nitriles is 1. The quantitative estimate of drug-likeness (QED) is 0.713. The molecule has 0 spiro atoms. The summed E-state index contributed by atoms with van der Waals surface area (Å²) in [6.07, 6.45) is -0.981. The molecule has 0 fully saturated rings. The summed E-state index contributed by atoms with van der Waals surface area (Å²) in [5.74, 6) is 0. The molecule has 0 heterocycles. The number of phosphoric acid groups is 1. The van der Waals surface area contributed by atoms with Crippen molar-refractivity contribution < 1.29 is 18.1 Å². The van der Waals surface area contributed by atoms with E-state index in [1.807, 2.05) is 25.1 Å². The van der Waals surface area contributed by atoms with Crippen molar-refractivity contribution >= 4 is 7.82 Å². The molecule has 5 nitrogen and oxygen atoms in total. The van der Waals surface area contributed by atoms with Gasteiger partial charge in [0.15, 0.2) is 6.10 Å². The smallest absolute Gasteiger partial charge is 0.287 e. The molecule has 0 bridgehead atoms. The third-order valence-electron chi connectivity index (χ3n) is 2.40. The minimum Gasteiger partial charge on any atom is -0.287 e. The van der Waals surface area contributed by atoms with Gasteiger partial charge in [0.1, 0.15) is 0 Å². The summed E-state index contributed by atoms with van der Waals surface area (Å²) in [5.41, 5.74) is 1.54. The van der Waals surface area contributed by atoms with Crippen molar-refractivity contribution in [3.05, 3.63) is 35.4 Å². The van der Waals surface area contributed by atoms with E-state index in [1.165, 1.54) is 0 Å². The average Bonchev–Trinajstić information content (AvgIpc) is 2.37. The third kappa shape index (κ3) is 4.45.